The van der Waals surface area contributed by atoms with E-state index in [-0.39, 0.29) is 11.0 Å². The SMILES string of the molecule is CC1(C)c2cc(-c3ccc(F)nc3F)ccc2-c2ccc(-c3cc4nc5ccccc5nc4c4ccccc34)cc21. The van der Waals surface area contributed by atoms with Crippen LogP contribution in [0.1, 0.15) is 25.0 Å². The minimum atomic E-state index is -0.826. The van der Waals surface area contributed by atoms with Gasteiger partial charge in [-0.2, -0.15) is 13.8 Å². The molecule has 5 heteroatoms. The first-order valence-corrected chi connectivity index (χ1v) is 13.6. The number of rotatable bonds is 2. The van der Waals surface area contributed by atoms with Gasteiger partial charge in [-0.25, -0.2) is 9.97 Å². The van der Waals surface area contributed by atoms with Gasteiger partial charge in [-0.3, -0.25) is 0 Å². The summed E-state index contributed by atoms with van der Waals surface area (Å²) in [6, 6.07) is 33.7. The second-order valence-corrected chi connectivity index (χ2v) is 11.2. The first-order chi connectivity index (χ1) is 19.9. The topological polar surface area (TPSA) is 38.7 Å². The van der Waals surface area contributed by atoms with Gasteiger partial charge >= 0.3 is 0 Å². The van der Waals surface area contributed by atoms with Crippen LogP contribution < -0.4 is 0 Å². The van der Waals surface area contributed by atoms with Crippen molar-refractivity contribution in [3.63, 3.8) is 0 Å². The van der Waals surface area contributed by atoms with E-state index in [1.54, 1.807) is 0 Å². The smallest absolute Gasteiger partial charge is 0.223 e. The Hall–Kier alpha value is -5.03. The summed E-state index contributed by atoms with van der Waals surface area (Å²) >= 11 is 0. The van der Waals surface area contributed by atoms with Crippen LogP contribution in [0.15, 0.2) is 103 Å². The first-order valence-electron chi connectivity index (χ1n) is 13.6. The molecule has 0 spiro atoms. The highest BCUT2D eigenvalue weighted by Gasteiger charge is 2.36. The Morgan fingerprint density at radius 3 is 1.78 bits per heavy atom. The maximum absolute atomic E-state index is 14.5. The molecule has 41 heavy (non-hydrogen) atoms. The lowest BCUT2D eigenvalue weighted by molar-refractivity contribution is 0.515. The zero-order valence-corrected chi connectivity index (χ0v) is 22.4. The molecule has 0 saturated carbocycles. The summed E-state index contributed by atoms with van der Waals surface area (Å²) in [5.41, 5.74) is 10.9. The fourth-order valence-electron chi connectivity index (χ4n) is 6.39. The minimum absolute atomic E-state index is 0.290. The number of pyridine rings is 1. The summed E-state index contributed by atoms with van der Waals surface area (Å²) in [6.45, 7) is 4.39. The van der Waals surface area contributed by atoms with Gasteiger partial charge in [0.15, 0.2) is 0 Å². The van der Waals surface area contributed by atoms with Gasteiger partial charge < -0.3 is 0 Å². The van der Waals surface area contributed by atoms with Crippen LogP contribution in [0.2, 0.25) is 0 Å². The molecule has 0 aliphatic heterocycles. The van der Waals surface area contributed by atoms with Crippen LogP contribution >= 0.6 is 0 Å². The molecule has 0 N–H and O–H groups in total. The number of aromatic nitrogens is 3. The molecule has 0 saturated heterocycles. The maximum Gasteiger partial charge on any atom is 0.223 e. The zero-order chi connectivity index (χ0) is 27.9. The van der Waals surface area contributed by atoms with Gasteiger partial charge in [-0.05, 0) is 86.8 Å². The largest absolute Gasteiger partial charge is 0.244 e. The van der Waals surface area contributed by atoms with E-state index in [2.05, 4.69) is 61.3 Å². The monoisotopic (exact) mass is 535 g/mol. The highest BCUT2D eigenvalue weighted by atomic mass is 19.1. The van der Waals surface area contributed by atoms with Gasteiger partial charge in [0, 0.05) is 16.4 Å². The summed E-state index contributed by atoms with van der Waals surface area (Å²) in [4.78, 5) is 13.3. The van der Waals surface area contributed by atoms with E-state index in [1.165, 1.54) is 17.7 Å². The Bertz CT molecular complexity index is 2220. The molecule has 196 valence electrons. The van der Waals surface area contributed by atoms with Gasteiger partial charge in [-0.15, -0.1) is 0 Å². The van der Waals surface area contributed by atoms with E-state index in [0.29, 0.717) is 5.56 Å². The molecule has 0 bridgehead atoms. The molecule has 1 aliphatic rings. The molecule has 2 aromatic heterocycles. The lowest BCUT2D eigenvalue weighted by atomic mass is 9.80. The Morgan fingerprint density at radius 2 is 1.10 bits per heavy atom. The molecule has 0 fully saturated rings. The van der Waals surface area contributed by atoms with E-state index in [0.717, 1.165) is 60.7 Å². The second kappa shape index (κ2) is 8.48. The molecule has 5 aromatic carbocycles. The van der Waals surface area contributed by atoms with Gasteiger partial charge in [0.25, 0.3) is 0 Å². The lowest BCUT2D eigenvalue weighted by Crippen LogP contribution is -2.15. The van der Waals surface area contributed by atoms with Gasteiger partial charge in [0.1, 0.15) is 0 Å². The summed E-state index contributed by atoms with van der Waals surface area (Å²) in [5, 5.41) is 2.19. The van der Waals surface area contributed by atoms with Crippen molar-refractivity contribution in [3.8, 4) is 33.4 Å². The van der Waals surface area contributed by atoms with E-state index < -0.39 is 11.9 Å². The minimum Gasteiger partial charge on any atom is -0.244 e. The second-order valence-electron chi connectivity index (χ2n) is 11.2. The van der Waals surface area contributed by atoms with Crippen LogP contribution in [0.25, 0.3) is 66.2 Å². The van der Waals surface area contributed by atoms with E-state index in [9.17, 15) is 8.78 Å². The van der Waals surface area contributed by atoms with E-state index in [4.69, 9.17) is 9.97 Å². The molecule has 0 radical (unpaired) electrons. The molecule has 1 aliphatic carbocycles. The van der Waals surface area contributed by atoms with Gasteiger partial charge in [0.05, 0.1) is 22.1 Å². The third kappa shape index (κ3) is 3.52. The van der Waals surface area contributed by atoms with Crippen molar-refractivity contribution in [1.29, 1.82) is 0 Å². The van der Waals surface area contributed by atoms with Crippen molar-refractivity contribution in [1.82, 2.24) is 15.0 Å². The number of hydrogen-bond donors (Lipinski definition) is 0. The Balaban J connectivity index is 1.30. The molecule has 0 unspecified atom stereocenters. The van der Waals surface area contributed by atoms with Crippen molar-refractivity contribution in [2.75, 3.05) is 0 Å². The van der Waals surface area contributed by atoms with Crippen LogP contribution in [-0.4, -0.2) is 15.0 Å². The molecule has 0 amide bonds. The van der Waals surface area contributed by atoms with Crippen molar-refractivity contribution in [2.45, 2.75) is 19.3 Å². The number of benzene rings is 5. The Kier molecular flexibility index (Phi) is 4.93. The van der Waals surface area contributed by atoms with Crippen molar-refractivity contribution in [3.05, 3.63) is 126 Å². The molecular weight excluding hydrogens is 512 g/mol. The predicted octanol–water partition coefficient (Wildman–Crippen LogP) is 9.25. The molecule has 3 nitrogen and oxygen atoms in total. The first kappa shape index (κ1) is 23.8. The Labute approximate surface area is 235 Å². The molecular formula is C36H23F2N3. The lowest BCUT2D eigenvalue weighted by Gasteiger charge is -2.23. The number of fused-ring (bicyclic) bond motifs is 7. The third-order valence-electron chi connectivity index (χ3n) is 8.46. The average molecular weight is 536 g/mol. The summed E-state index contributed by atoms with van der Waals surface area (Å²) in [5.74, 6) is -1.63. The number of para-hydroxylation sites is 2. The van der Waals surface area contributed by atoms with Crippen LogP contribution in [0.3, 0.4) is 0 Å². The molecule has 0 atom stereocenters. The van der Waals surface area contributed by atoms with Crippen LogP contribution in [-0.2, 0) is 5.41 Å². The summed E-state index contributed by atoms with van der Waals surface area (Å²) < 4.78 is 28.0. The fraction of sp³-hybridized carbons (Fsp3) is 0.0833. The van der Waals surface area contributed by atoms with Gasteiger partial charge in [-0.1, -0.05) is 74.5 Å². The van der Waals surface area contributed by atoms with Crippen LogP contribution in [0.4, 0.5) is 8.78 Å². The van der Waals surface area contributed by atoms with Crippen LogP contribution in [0.5, 0.6) is 0 Å². The quantitative estimate of drug-likeness (QED) is 0.126. The highest BCUT2D eigenvalue weighted by molar-refractivity contribution is 6.12. The summed E-state index contributed by atoms with van der Waals surface area (Å²) in [6.07, 6.45) is 0. The maximum atomic E-state index is 14.5. The summed E-state index contributed by atoms with van der Waals surface area (Å²) in [7, 11) is 0. The highest BCUT2D eigenvalue weighted by Crippen LogP contribution is 2.51. The fourth-order valence-corrected chi connectivity index (χ4v) is 6.39. The molecule has 7 aromatic rings. The molecule has 2 heterocycles. The van der Waals surface area contributed by atoms with Gasteiger partial charge in [0.2, 0.25) is 11.9 Å². The van der Waals surface area contributed by atoms with Crippen molar-refractivity contribution in [2.24, 2.45) is 0 Å². The third-order valence-corrected chi connectivity index (χ3v) is 8.46. The van der Waals surface area contributed by atoms with Crippen molar-refractivity contribution >= 4 is 32.8 Å². The number of nitrogens with zero attached hydrogens (tertiary/aromatic N) is 3. The zero-order valence-electron chi connectivity index (χ0n) is 22.4. The average Bonchev–Trinajstić information content (AvgIpc) is 3.21. The van der Waals surface area contributed by atoms with E-state index in [1.807, 2.05) is 48.5 Å². The predicted molar refractivity (Wildman–Crippen MR) is 161 cm³/mol. The van der Waals surface area contributed by atoms with E-state index >= 15 is 0 Å². The van der Waals surface area contributed by atoms with Crippen LogP contribution in [0, 0.1) is 11.9 Å². The Morgan fingerprint density at radius 1 is 0.512 bits per heavy atom. The number of halogens is 2. The standard InChI is InChI=1S/C36H23F2N3/c1-36(2)28-17-20(22-15-16-33(37)41-35(22)38)11-13-24(28)25-14-12-21(18-29(25)36)27-19-32-34(26-8-4-3-7-23(26)27)40-31-10-6-5-9-30(31)39-32/h3-19H,1-2H3. The number of hydrogen-bond acceptors (Lipinski definition) is 3. The molecule has 8 rings (SSSR count). The normalized spacial score (nSPS) is 13.6. The van der Waals surface area contributed by atoms with Crippen molar-refractivity contribution < 1.29 is 8.78 Å².